The van der Waals surface area contributed by atoms with Crippen LogP contribution in [0.15, 0.2) is 30.9 Å². The van der Waals surface area contributed by atoms with Crippen LogP contribution in [-0.2, 0) is 6.54 Å². The van der Waals surface area contributed by atoms with E-state index in [2.05, 4.69) is 52.5 Å². The fourth-order valence-electron chi connectivity index (χ4n) is 3.10. The topological polar surface area (TPSA) is 46.0 Å². The highest BCUT2D eigenvalue weighted by Crippen LogP contribution is 2.18. The van der Waals surface area contributed by atoms with Crippen molar-refractivity contribution in [3.8, 4) is 5.69 Å². The SMILES string of the molecule is CNC1CCCN(Cc2ccc(-n3cncn3)c(C)c2)C1.Cl. The maximum atomic E-state index is 4.20. The van der Waals surface area contributed by atoms with Gasteiger partial charge in [0.1, 0.15) is 12.7 Å². The quantitative estimate of drug-likeness (QED) is 0.937. The van der Waals surface area contributed by atoms with Crippen molar-refractivity contribution in [2.75, 3.05) is 20.1 Å². The molecule has 2 aromatic rings. The third-order valence-electron chi connectivity index (χ3n) is 4.25. The van der Waals surface area contributed by atoms with Crippen LogP contribution in [-0.4, -0.2) is 45.8 Å². The van der Waals surface area contributed by atoms with Crippen molar-refractivity contribution < 1.29 is 0 Å². The molecule has 22 heavy (non-hydrogen) atoms. The summed E-state index contributed by atoms with van der Waals surface area (Å²) in [5.74, 6) is 0. The van der Waals surface area contributed by atoms with Gasteiger partial charge in [0.15, 0.2) is 0 Å². The minimum absolute atomic E-state index is 0. The van der Waals surface area contributed by atoms with Crippen molar-refractivity contribution in [2.45, 2.75) is 32.4 Å². The minimum atomic E-state index is 0. The standard InChI is InChI=1S/C16H23N5.ClH/c1-13-8-14(5-6-16(13)21-12-18-11-19-21)9-20-7-3-4-15(10-20)17-2;/h5-6,8,11-12,15,17H,3-4,7,9-10H2,1-2H3;1H. The van der Waals surface area contributed by atoms with Gasteiger partial charge in [0.25, 0.3) is 0 Å². The molecule has 0 bridgehead atoms. The van der Waals surface area contributed by atoms with Crippen LogP contribution in [0.25, 0.3) is 5.69 Å². The van der Waals surface area contributed by atoms with E-state index in [0.29, 0.717) is 6.04 Å². The zero-order valence-electron chi connectivity index (χ0n) is 13.2. The first-order valence-electron chi connectivity index (χ1n) is 7.60. The van der Waals surface area contributed by atoms with Gasteiger partial charge in [0.2, 0.25) is 0 Å². The zero-order valence-corrected chi connectivity index (χ0v) is 14.0. The number of hydrogen-bond donors (Lipinski definition) is 1. The molecule has 3 rings (SSSR count). The Bertz CT molecular complexity index is 584. The van der Waals surface area contributed by atoms with Crippen molar-refractivity contribution >= 4 is 12.4 Å². The summed E-state index contributed by atoms with van der Waals surface area (Å²) in [4.78, 5) is 6.55. The van der Waals surface area contributed by atoms with Crippen molar-refractivity contribution in [3.63, 3.8) is 0 Å². The molecule has 1 saturated heterocycles. The van der Waals surface area contributed by atoms with Gasteiger partial charge in [-0.05, 0) is 50.6 Å². The lowest BCUT2D eigenvalue weighted by Crippen LogP contribution is -2.43. The fourth-order valence-corrected chi connectivity index (χ4v) is 3.10. The molecule has 120 valence electrons. The van der Waals surface area contributed by atoms with E-state index in [1.807, 2.05) is 4.68 Å². The summed E-state index contributed by atoms with van der Waals surface area (Å²) in [6, 6.07) is 7.24. The fraction of sp³-hybridized carbons (Fsp3) is 0.500. The number of likely N-dealkylation sites (tertiary alicyclic amines) is 1. The summed E-state index contributed by atoms with van der Waals surface area (Å²) in [6.45, 7) is 5.49. The van der Waals surface area contributed by atoms with Crippen molar-refractivity contribution in [1.29, 1.82) is 0 Å². The van der Waals surface area contributed by atoms with E-state index >= 15 is 0 Å². The van der Waals surface area contributed by atoms with Crippen LogP contribution >= 0.6 is 12.4 Å². The largest absolute Gasteiger partial charge is 0.316 e. The molecular formula is C16H24ClN5. The van der Waals surface area contributed by atoms with Gasteiger partial charge < -0.3 is 5.32 Å². The predicted octanol–water partition coefficient (Wildman–Crippen LogP) is 2.18. The number of nitrogens with one attached hydrogen (secondary N) is 1. The van der Waals surface area contributed by atoms with Crippen LogP contribution in [0.5, 0.6) is 0 Å². The van der Waals surface area contributed by atoms with Crippen LogP contribution in [0.4, 0.5) is 0 Å². The Morgan fingerprint density at radius 3 is 2.91 bits per heavy atom. The molecule has 1 aromatic heterocycles. The number of piperidine rings is 1. The lowest BCUT2D eigenvalue weighted by molar-refractivity contribution is 0.188. The maximum absolute atomic E-state index is 4.20. The average Bonchev–Trinajstić information content (AvgIpc) is 3.01. The molecule has 1 aliphatic rings. The van der Waals surface area contributed by atoms with Crippen LogP contribution in [0.2, 0.25) is 0 Å². The van der Waals surface area contributed by atoms with E-state index in [0.717, 1.165) is 18.8 Å². The molecule has 5 nitrogen and oxygen atoms in total. The molecule has 1 N–H and O–H groups in total. The summed E-state index contributed by atoms with van der Waals surface area (Å²) in [5.41, 5.74) is 3.70. The Balaban J connectivity index is 0.00000176. The third kappa shape index (κ3) is 3.85. The summed E-state index contributed by atoms with van der Waals surface area (Å²) >= 11 is 0. The number of halogens is 1. The Morgan fingerprint density at radius 2 is 2.23 bits per heavy atom. The molecule has 0 saturated carbocycles. The van der Waals surface area contributed by atoms with Crippen LogP contribution in [0.1, 0.15) is 24.0 Å². The number of likely N-dealkylation sites (N-methyl/N-ethyl adjacent to an activating group) is 1. The van der Waals surface area contributed by atoms with Gasteiger partial charge in [0, 0.05) is 19.1 Å². The molecule has 1 aromatic carbocycles. The normalized spacial score (nSPS) is 18.9. The molecule has 0 radical (unpaired) electrons. The van der Waals surface area contributed by atoms with Gasteiger partial charge in [-0.1, -0.05) is 12.1 Å². The van der Waals surface area contributed by atoms with Crippen LogP contribution in [0, 0.1) is 6.92 Å². The van der Waals surface area contributed by atoms with Crippen LogP contribution in [0.3, 0.4) is 0 Å². The van der Waals surface area contributed by atoms with Crippen molar-refractivity contribution in [1.82, 2.24) is 25.0 Å². The van der Waals surface area contributed by atoms with E-state index in [-0.39, 0.29) is 12.4 Å². The predicted molar refractivity (Wildman–Crippen MR) is 90.7 cm³/mol. The first kappa shape index (κ1) is 16.9. The second kappa shape index (κ2) is 7.72. The number of aryl methyl sites for hydroxylation is 1. The van der Waals surface area contributed by atoms with Crippen molar-refractivity contribution in [2.24, 2.45) is 0 Å². The molecule has 6 heteroatoms. The second-order valence-corrected chi connectivity index (χ2v) is 5.82. The Labute approximate surface area is 138 Å². The lowest BCUT2D eigenvalue weighted by Gasteiger charge is -2.32. The Kier molecular flexibility index (Phi) is 5.94. The van der Waals surface area contributed by atoms with E-state index in [1.165, 1.54) is 30.5 Å². The van der Waals surface area contributed by atoms with E-state index in [1.54, 1.807) is 12.7 Å². The van der Waals surface area contributed by atoms with Gasteiger partial charge in [-0.15, -0.1) is 12.4 Å². The number of hydrogen-bond acceptors (Lipinski definition) is 4. The lowest BCUT2D eigenvalue weighted by atomic mass is 10.0. The van der Waals surface area contributed by atoms with Gasteiger partial charge in [-0.3, -0.25) is 4.90 Å². The molecule has 1 unspecified atom stereocenters. The summed E-state index contributed by atoms with van der Waals surface area (Å²) < 4.78 is 1.82. The molecule has 2 heterocycles. The zero-order chi connectivity index (χ0) is 14.7. The number of nitrogens with zero attached hydrogens (tertiary/aromatic N) is 4. The Hall–Kier alpha value is -1.43. The smallest absolute Gasteiger partial charge is 0.138 e. The molecular weight excluding hydrogens is 298 g/mol. The summed E-state index contributed by atoms with van der Waals surface area (Å²) in [6.07, 6.45) is 5.88. The molecule has 1 fully saturated rings. The molecule has 0 spiro atoms. The van der Waals surface area contributed by atoms with Gasteiger partial charge in [-0.2, -0.15) is 5.10 Å². The maximum Gasteiger partial charge on any atom is 0.138 e. The van der Waals surface area contributed by atoms with Crippen molar-refractivity contribution in [3.05, 3.63) is 42.0 Å². The summed E-state index contributed by atoms with van der Waals surface area (Å²) in [7, 11) is 2.06. The van der Waals surface area contributed by atoms with E-state index in [9.17, 15) is 0 Å². The highest BCUT2D eigenvalue weighted by Gasteiger charge is 2.18. The van der Waals surface area contributed by atoms with Gasteiger partial charge >= 0.3 is 0 Å². The highest BCUT2D eigenvalue weighted by molar-refractivity contribution is 5.85. The highest BCUT2D eigenvalue weighted by atomic mass is 35.5. The number of benzene rings is 1. The molecule has 0 aliphatic carbocycles. The number of aromatic nitrogens is 3. The third-order valence-corrected chi connectivity index (χ3v) is 4.25. The average molecular weight is 322 g/mol. The van der Waals surface area contributed by atoms with Gasteiger partial charge in [0.05, 0.1) is 5.69 Å². The summed E-state index contributed by atoms with van der Waals surface area (Å²) in [5, 5.41) is 7.60. The first-order valence-corrected chi connectivity index (χ1v) is 7.60. The first-order chi connectivity index (χ1) is 10.3. The monoisotopic (exact) mass is 321 g/mol. The van der Waals surface area contributed by atoms with E-state index in [4.69, 9.17) is 0 Å². The molecule has 0 amide bonds. The Morgan fingerprint density at radius 1 is 1.36 bits per heavy atom. The molecule has 1 aliphatic heterocycles. The van der Waals surface area contributed by atoms with Gasteiger partial charge in [-0.25, -0.2) is 9.67 Å². The van der Waals surface area contributed by atoms with Crippen LogP contribution < -0.4 is 5.32 Å². The number of rotatable bonds is 4. The van der Waals surface area contributed by atoms with E-state index < -0.39 is 0 Å². The minimum Gasteiger partial charge on any atom is -0.316 e. The second-order valence-electron chi connectivity index (χ2n) is 5.82. The molecule has 1 atom stereocenters.